The summed E-state index contributed by atoms with van der Waals surface area (Å²) in [5, 5.41) is 1.71. The largest absolute Gasteiger partial charge is 0.358 e. The molecule has 2 aromatic carbocycles. The maximum atomic E-state index is 12.7. The zero-order valence-corrected chi connectivity index (χ0v) is 14.0. The number of hydrogen-bond acceptors (Lipinski definition) is 2. The highest BCUT2D eigenvalue weighted by molar-refractivity contribution is 6.30. The van der Waals surface area contributed by atoms with Crippen LogP contribution in [0.3, 0.4) is 0 Å². The molecule has 0 bridgehead atoms. The molecule has 0 atom stereocenters. The quantitative estimate of drug-likeness (QED) is 0.703. The van der Waals surface area contributed by atoms with Gasteiger partial charge >= 0.3 is 0 Å². The normalized spacial score (nSPS) is 11.3. The van der Waals surface area contributed by atoms with Crippen LogP contribution in [0.15, 0.2) is 48.5 Å². The highest BCUT2D eigenvalue weighted by Crippen LogP contribution is 2.22. The topological polar surface area (TPSA) is 36.1 Å². The van der Waals surface area contributed by atoms with Gasteiger partial charge in [0.2, 0.25) is 0 Å². The number of benzene rings is 2. The summed E-state index contributed by atoms with van der Waals surface area (Å²) in [6.45, 7) is 3.01. The van der Waals surface area contributed by atoms with Gasteiger partial charge in [0.25, 0.3) is 0 Å². The Morgan fingerprint density at radius 1 is 1.17 bits per heavy atom. The van der Waals surface area contributed by atoms with Crippen LogP contribution < -0.4 is 0 Å². The summed E-state index contributed by atoms with van der Waals surface area (Å²) >= 11 is 6.01. The smallest absolute Gasteiger partial charge is 0.179 e. The number of aryl methyl sites for hydroxylation is 1. The molecule has 0 unspecified atom stereocenters. The standard InChI is InChI=1S/C19H19ClN2O/c1-13-19(16-8-3-4-9-17(16)21-13)18(23)12-22(2)11-14-6-5-7-15(20)10-14/h3-10,21H,11-12H2,1-2H3. The first-order valence-electron chi connectivity index (χ1n) is 7.58. The predicted molar refractivity (Wildman–Crippen MR) is 95.2 cm³/mol. The second kappa shape index (κ2) is 6.57. The number of likely N-dealkylation sites (N-methyl/N-ethyl adjacent to an activating group) is 1. The Bertz CT molecular complexity index is 853. The number of carbonyl (C=O) groups excluding carboxylic acids is 1. The number of aromatic amines is 1. The minimum Gasteiger partial charge on any atom is -0.358 e. The average Bonchev–Trinajstić information content (AvgIpc) is 2.82. The number of nitrogens with one attached hydrogen (secondary N) is 1. The molecule has 118 valence electrons. The average molecular weight is 327 g/mol. The summed E-state index contributed by atoms with van der Waals surface area (Å²) in [7, 11) is 1.95. The molecule has 0 spiro atoms. The van der Waals surface area contributed by atoms with Crippen molar-refractivity contribution in [1.82, 2.24) is 9.88 Å². The number of aromatic nitrogens is 1. The van der Waals surface area contributed by atoms with Gasteiger partial charge in [-0.25, -0.2) is 0 Å². The molecular weight excluding hydrogens is 308 g/mol. The first-order valence-corrected chi connectivity index (χ1v) is 7.96. The van der Waals surface area contributed by atoms with Gasteiger partial charge in [-0.1, -0.05) is 41.9 Å². The third kappa shape index (κ3) is 3.46. The molecule has 0 saturated carbocycles. The van der Waals surface area contributed by atoms with E-state index in [1.807, 2.05) is 67.4 Å². The van der Waals surface area contributed by atoms with Gasteiger partial charge in [0, 0.05) is 33.7 Å². The van der Waals surface area contributed by atoms with Gasteiger partial charge in [0.05, 0.1) is 6.54 Å². The Kier molecular flexibility index (Phi) is 4.51. The number of para-hydroxylation sites is 1. The van der Waals surface area contributed by atoms with Gasteiger partial charge in [-0.05, 0) is 37.7 Å². The molecule has 1 heterocycles. The van der Waals surface area contributed by atoms with E-state index < -0.39 is 0 Å². The maximum Gasteiger partial charge on any atom is 0.179 e. The lowest BCUT2D eigenvalue weighted by Crippen LogP contribution is -2.25. The Morgan fingerprint density at radius 2 is 1.96 bits per heavy atom. The molecule has 3 aromatic rings. The van der Waals surface area contributed by atoms with Gasteiger partial charge in [-0.3, -0.25) is 9.69 Å². The Labute approximate surface area is 140 Å². The number of rotatable bonds is 5. The van der Waals surface area contributed by atoms with Crippen LogP contribution in [0.25, 0.3) is 10.9 Å². The number of nitrogens with zero attached hydrogens (tertiary/aromatic N) is 1. The molecule has 0 amide bonds. The van der Waals surface area contributed by atoms with Crippen LogP contribution in [0.1, 0.15) is 21.6 Å². The van der Waals surface area contributed by atoms with Crippen LogP contribution in [0.2, 0.25) is 5.02 Å². The van der Waals surface area contributed by atoms with Crippen molar-refractivity contribution in [3.05, 3.63) is 70.4 Å². The fourth-order valence-corrected chi connectivity index (χ4v) is 3.18. The Balaban J connectivity index is 1.76. The van der Waals surface area contributed by atoms with E-state index >= 15 is 0 Å². The Hall–Kier alpha value is -2.10. The van der Waals surface area contributed by atoms with Crippen molar-refractivity contribution in [3.63, 3.8) is 0 Å². The van der Waals surface area contributed by atoms with E-state index in [2.05, 4.69) is 4.98 Å². The number of Topliss-reactive ketones (excluding diaryl/α,β-unsaturated/α-hetero) is 1. The third-order valence-electron chi connectivity index (χ3n) is 3.93. The molecule has 4 heteroatoms. The second-order valence-electron chi connectivity index (χ2n) is 5.90. The summed E-state index contributed by atoms with van der Waals surface area (Å²) in [5.41, 5.74) is 3.82. The minimum absolute atomic E-state index is 0.129. The first kappa shape index (κ1) is 15.8. The van der Waals surface area contributed by atoms with Crippen molar-refractivity contribution in [2.75, 3.05) is 13.6 Å². The van der Waals surface area contributed by atoms with E-state index in [0.29, 0.717) is 13.1 Å². The molecule has 0 aliphatic rings. The van der Waals surface area contributed by atoms with E-state index in [9.17, 15) is 4.79 Å². The molecule has 0 fully saturated rings. The van der Waals surface area contributed by atoms with Crippen molar-refractivity contribution in [3.8, 4) is 0 Å². The molecule has 3 nitrogen and oxygen atoms in total. The molecule has 0 aliphatic heterocycles. The molecule has 23 heavy (non-hydrogen) atoms. The monoisotopic (exact) mass is 326 g/mol. The highest BCUT2D eigenvalue weighted by Gasteiger charge is 2.17. The second-order valence-corrected chi connectivity index (χ2v) is 6.33. The minimum atomic E-state index is 0.129. The summed E-state index contributed by atoms with van der Waals surface area (Å²) in [6.07, 6.45) is 0. The van der Waals surface area contributed by atoms with E-state index in [4.69, 9.17) is 11.6 Å². The van der Waals surface area contributed by atoms with Gasteiger partial charge < -0.3 is 4.98 Å². The number of carbonyl (C=O) groups is 1. The Morgan fingerprint density at radius 3 is 2.74 bits per heavy atom. The zero-order valence-electron chi connectivity index (χ0n) is 13.3. The van der Waals surface area contributed by atoms with Crippen LogP contribution >= 0.6 is 11.6 Å². The van der Waals surface area contributed by atoms with E-state index in [-0.39, 0.29) is 5.78 Å². The zero-order chi connectivity index (χ0) is 16.4. The van der Waals surface area contributed by atoms with Crippen LogP contribution in [0.5, 0.6) is 0 Å². The summed E-state index contributed by atoms with van der Waals surface area (Å²) in [4.78, 5) is 18.0. The van der Waals surface area contributed by atoms with Crippen LogP contribution in [-0.4, -0.2) is 29.3 Å². The number of fused-ring (bicyclic) bond motifs is 1. The number of H-pyrrole nitrogens is 1. The fourth-order valence-electron chi connectivity index (χ4n) is 2.96. The molecule has 0 aliphatic carbocycles. The van der Waals surface area contributed by atoms with Crippen LogP contribution in [-0.2, 0) is 6.54 Å². The van der Waals surface area contributed by atoms with Gasteiger partial charge in [-0.2, -0.15) is 0 Å². The van der Waals surface area contributed by atoms with E-state index in [0.717, 1.165) is 32.7 Å². The van der Waals surface area contributed by atoms with Gasteiger partial charge in [0.1, 0.15) is 0 Å². The van der Waals surface area contributed by atoms with Crippen molar-refractivity contribution in [1.29, 1.82) is 0 Å². The van der Waals surface area contributed by atoms with E-state index in [1.54, 1.807) is 0 Å². The maximum absolute atomic E-state index is 12.7. The van der Waals surface area contributed by atoms with Gasteiger partial charge in [-0.15, -0.1) is 0 Å². The summed E-state index contributed by atoms with van der Waals surface area (Å²) in [6, 6.07) is 15.6. The van der Waals surface area contributed by atoms with Crippen molar-refractivity contribution < 1.29 is 4.79 Å². The SMILES string of the molecule is Cc1[nH]c2ccccc2c1C(=O)CN(C)Cc1cccc(Cl)c1. The van der Waals surface area contributed by atoms with Crippen molar-refractivity contribution >= 4 is 28.3 Å². The lowest BCUT2D eigenvalue weighted by molar-refractivity contribution is 0.0944. The molecule has 1 aromatic heterocycles. The number of halogens is 1. The van der Waals surface area contributed by atoms with Crippen LogP contribution in [0, 0.1) is 6.92 Å². The fraction of sp³-hybridized carbons (Fsp3) is 0.211. The molecule has 0 saturated heterocycles. The highest BCUT2D eigenvalue weighted by atomic mass is 35.5. The molecular formula is C19H19ClN2O. The lowest BCUT2D eigenvalue weighted by Gasteiger charge is -2.16. The lowest BCUT2D eigenvalue weighted by atomic mass is 10.1. The predicted octanol–water partition coefficient (Wildman–Crippen LogP) is 4.44. The summed E-state index contributed by atoms with van der Waals surface area (Å²) < 4.78 is 0. The van der Waals surface area contributed by atoms with Gasteiger partial charge in [0.15, 0.2) is 5.78 Å². The molecule has 0 radical (unpaired) electrons. The van der Waals surface area contributed by atoms with Crippen LogP contribution in [0.4, 0.5) is 0 Å². The number of ketones is 1. The van der Waals surface area contributed by atoms with Crippen molar-refractivity contribution in [2.45, 2.75) is 13.5 Å². The number of hydrogen-bond donors (Lipinski definition) is 1. The molecule has 1 N–H and O–H groups in total. The van der Waals surface area contributed by atoms with Crippen molar-refractivity contribution in [2.24, 2.45) is 0 Å². The first-order chi connectivity index (χ1) is 11.0. The van der Waals surface area contributed by atoms with E-state index in [1.165, 1.54) is 0 Å². The summed E-state index contributed by atoms with van der Waals surface area (Å²) in [5.74, 6) is 0.129. The third-order valence-corrected chi connectivity index (χ3v) is 4.16. The molecule has 3 rings (SSSR count).